The molecule has 2 rings (SSSR count). The lowest BCUT2D eigenvalue weighted by molar-refractivity contribution is 0.0934. The molecule has 0 aliphatic carbocycles. The number of nitrogens with zero attached hydrogens (tertiary/aromatic N) is 1. The molecule has 4 N–H and O–H groups in total. The van der Waals surface area contributed by atoms with Gasteiger partial charge >= 0.3 is 0 Å². The topological polar surface area (TPSA) is 91.2 Å². The van der Waals surface area contributed by atoms with Gasteiger partial charge in [-0.25, -0.2) is 0 Å². The van der Waals surface area contributed by atoms with Crippen molar-refractivity contribution < 1.29 is 4.79 Å². The van der Waals surface area contributed by atoms with Crippen molar-refractivity contribution in [1.82, 2.24) is 15.2 Å². The third kappa shape index (κ3) is 13.1. The molecule has 0 spiro atoms. The van der Waals surface area contributed by atoms with E-state index in [4.69, 9.17) is 17.3 Å². The van der Waals surface area contributed by atoms with Gasteiger partial charge in [0.25, 0.3) is 11.5 Å². The van der Waals surface area contributed by atoms with Crippen molar-refractivity contribution >= 4 is 39.3 Å². The molecular formula is C26H46BrClN4O2. The predicted molar refractivity (Wildman–Crippen MR) is 149 cm³/mol. The highest BCUT2D eigenvalue weighted by Crippen LogP contribution is 2.18. The fourth-order valence-corrected chi connectivity index (χ4v) is 4.62. The highest BCUT2D eigenvalue weighted by molar-refractivity contribution is 9.09. The quantitative estimate of drug-likeness (QED) is 0.182. The van der Waals surface area contributed by atoms with Gasteiger partial charge in [-0.05, 0) is 57.3 Å². The summed E-state index contributed by atoms with van der Waals surface area (Å²) in [6, 6.07) is 1.33. The zero-order valence-electron chi connectivity index (χ0n) is 21.3. The number of anilines is 1. The van der Waals surface area contributed by atoms with E-state index in [9.17, 15) is 9.59 Å². The van der Waals surface area contributed by atoms with Crippen molar-refractivity contribution in [3.05, 3.63) is 27.0 Å². The molecule has 0 saturated carbocycles. The summed E-state index contributed by atoms with van der Waals surface area (Å²) >= 11 is 9.29. The number of aromatic amines is 1. The summed E-state index contributed by atoms with van der Waals surface area (Å²) in [7, 11) is 0. The molecule has 0 radical (unpaired) electrons. The number of hydrogen-bond donors (Lipinski definition) is 3. The number of pyridine rings is 1. The summed E-state index contributed by atoms with van der Waals surface area (Å²) in [6.45, 7) is 8.42. The lowest BCUT2D eigenvalue weighted by atomic mass is 9.96. The average Bonchev–Trinajstić information content (AvgIpc) is 2.83. The number of carbonyl (C=O) groups is 1. The van der Waals surface area contributed by atoms with Crippen LogP contribution in [-0.4, -0.2) is 47.3 Å². The zero-order valence-corrected chi connectivity index (χ0v) is 23.6. The Bertz CT molecular complexity index is 730. The summed E-state index contributed by atoms with van der Waals surface area (Å²) < 4.78 is 0. The van der Waals surface area contributed by atoms with Gasteiger partial charge in [0, 0.05) is 11.9 Å². The average molecular weight is 562 g/mol. The van der Waals surface area contributed by atoms with Gasteiger partial charge in [-0.15, -0.1) is 0 Å². The number of piperidine rings is 1. The number of unbranched alkanes of at least 4 members (excludes halogenated alkanes) is 8. The number of hydrogen-bond acceptors (Lipinski definition) is 4. The predicted octanol–water partition coefficient (Wildman–Crippen LogP) is 6.37. The van der Waals surface area contributed by atoms with E-state index in [-0.39, 0.29) is 16.4 Å². The number of amides is 1. The number of aromatic nitrogens is 1. The monoisotopic (exact) mass is 560 g/mol. The first kappa shape index (κ1) is 31.0. The molecule has 0 atom stereocenters. The van der Waals surface area contributed by atoms with Gasteiger partial charge < -0.3 is 20.9 Å². The van der Waals surface area contributed by atoms with Gasteiger partial charge in [0.2, 0.25) is 0 Å². The molecule has 1 aromatic heterocycles. The first-order valence-electron chi connectivity index (χ1n) is 13.2. The molecule has 2 heterocycles. The smallest absolute Gasteiger partial charge is 0.262 e. The number of nitrogens with one attached hydrogen (secondary N) is 2. The zero-order chi connectivity index (χ0) is 25.2. The Morgan fingerprint density at radius 1 is 1.09 bits per heavy atom. The molecule has 1 fully saturated rings. The Morgan fingerprint density at radius 3 is 2.26 bits per heavy atom. The van der Waals surface area contributed by atoms with E-state index in [0.717, 1.165) is 25.9 Å². The fraction of sp³-hybridized carbons (Fsp3) is 0.769. The standard InChI is InChI=1S/C19H31ClN4O2.C7H15Br/c1-2-3-4-5-6-9-24-10-7-14(8-11-24)13-22-18(25)15-12-16(20)17(21)23-19(15)26;1-2-3-4-5-6-7-8/h12,14H,2-11,13H2,1H3,(H,22,25)(H3,21,23,26);2-7H2,1H3. The fourth-order valence-electron chi connectivity index (χ4n) is 4.07. The van der Waals surface area contributed by atoms with Crippen molar-refractivity contribution in [2.24, 2.45) is 5.92 Å². The normalized spacial score (nSPS) is 14.5. The number of carbonyl (C=O) groups excluding carboxylic acids is 1. The van der Waals surface area contributed by atoms with E-state index in [0.29, 0.717) is 12.5 Å². The van der Waals surface area contributed by atoms with Gasteiger partial charge in [0.05, 0.1) is 5.02 Å². The van der Waals surface area contributed by atoms with E-state index < -0.39 is 11.5 Å². The number of alkyl halides is 1. The highest BCUT2D eigenvalue weighted by atomic mass is 79.9. The van der Waals surface area contributed by atoms with Gasteiger partial charge in [0.15, 0.2) is 0 Å². The van der Waals surface area contributed by atoms with Crippen LogP contribution in [0.1, 0.15) is 101 Å². The molecule has 1 aromatic rings. The van der Waals surface area contributed by atoms with Crippen LogP contribution in [0.25, 0.3) is 0 Å². The second-order valence-electron chi connectivity index (χ2n) is 9.29. The maximum absolute atomic E-state index is 12.2. The first-order chi connectivity index (χ1) is 16.4. The van der Waals surface area contributed by atoms with Crippen LogP contribution in [0.4, 0.5) is 5.82 Å². The van der Waals surface area contributed by atoms with E-state index in [1.165, 1.54) is 82.1 Å². The molecule has 196 valence electrons. The SMILES string of the molecule is CCCCCCCBr.CCCCCCCN1CCC(CNC(=O)c2cc(Cl)c(N)[nH]c2=O)CC1. The van der Waals surface area contributed by atoms with Gasteiger partial charge in [-0.3, -0.25) is 9.59 Å². The van der Waals surface area contributed by atoms with Crippen molar-refractivity contribution in [3.8, 4) is 0 Å². The molecule has 1 aliphatic heterocycles. The van der Waals surface area contributed by atoms with Crippen LogP contribution in [0.2, 0.25) is 5.02 Å². The number of nitrogens with two attached hydrogens (primary N) is 1. The van der Waals surface area contributed by atoms with Gasteiger partial charge in [-0.1, -0.05) is 92.7 Å². The largest absolute Gasteiger partial charge is 0.384 e. The summed E-state index contributed by atoms with van der Waals surface area (Å²) in [5.41, 5.74) is 5.02. The molecule has 1 aliphatic rings. The Kier molecular flexibility index (Phi) is 17.5. The molecule has 6 nitrogen and oxygen atoms in total. The maximum atomic E-state index is 12.2. The minimum absolute atomic E-state index is 0.00807. The minimum Gasteiger partial charge on any atom is -0.384 e. The van der Waals surface area contributed by atoms with Crippen molar-refractivity contribution in [3.63, 3.8) is 0 Å². The third-order valence-corrected chi connectivity index (χ3v) is 7.21. The minimum atomic E-state index is -0.512. The van der Waals surface area contributed by atoms with Crippen LogP contribution in [0, 0.1) is 5.92 Å². The van der Waals surface area contributed by atoms with Gasteiger partial charge in [0.1, 0.15) is 11.4 Å². The highest BCUT2D eigenvalue weighted by Gasteiger charge is 2.20. The second kappa shape index (κ2) is 19.2. The molecule has 0 unspecified atom stereocenters. The molecule has 34 heavy (non-hydrogen) atoms. The maximum Gasteiger partial charge on any atom is 0.262 e. The van der Waals surface area contributed by atoms with Crippen LogP contribution >= 0.6 is 27.5 Å². The molecule has 8 heteroatoms. The van der Waals surface area contributed by atoms with Crippen LogP contribution in [0.3, 0.4) is 0 Å². The number of likely N-dealkylation sites (tertiary alicyclic amines) is 1. The molecule has 1 amide bonds. The second-order valence-corrected chi connectivity index (χ2v) is 10.5. The lowest BCUT2D eigenvalue weighted by Crippen LogP contribution is -2.39. The van der Waals surface area contributed by atoms with E-state index in [1.54, 1.807) is 0 Å². The molecule has 0 bridgehead atoms. The summed E-state index contributed by atoms with van der Waals surface area (Å²) in [6.07, 6.45) is 15.6. The number of nitrogen functional groups attached to an aromatic ring is 1. The van der Waals surface area contributed by atoms with Crippen molar-refractivity contribution in [1.29, 1.82) is 0 Å². The summed E-state index contributed by atoms with van der Waals surface area (Å²) in [4.78, 5) is 29.0. The van der Waals surface area contributed by atoms with Crippen LogP contribution in [0.5, 0.6) is 0 Å². The number of rotatable bonds is 14. The van der Waals surface area contributed by atoms with E-state index >= 15 is 0 Å². The third-order valence-electron chi connectivity index (χ3n) is 6.34. The summed E-state index contributed by atoms with van der Waals surface area (Å²) in [5, 5.41) is 4.22. The Labute approximate surface area is 219 Å². The van der Waals surface area contributed by atoms with Gasteiger partial charge in [-0.2, -0.15) is 0 Å². The Balaban J connectivity index is 0.000000620. The summed E-state index contributed by atoms with van der Waals surface area (Å²) in [5.74, 6) is 0.139. The molecular weight excluding hydrogens is 516 g/mol. The van der Waals surface area contributed by atoms with Crippen molar-refractivity contribution in [2.45, 2.75) is 90.9 Å². The number of H-pyrrole nitrogens is 1. The Morgan fingerprint density at radius 2 is 1.68 bits per heavy atom. The van der Waals surface area contributed by atoms with Crippen LogP contribution in [0.15, 0.2) is 10.9 Å². The van der Waals surface area contributed by atoms with E-state index in [2.05, 4.69) is 45.0 Å². The van der Waals surface area contributed by atoms with Crippen molar-refractivity contribution in [2.75, 3.05) is 37.2 Å². The first-order valence-corrected chi connectivity index (χ1v) is 14.7. The lowest BCUT2D eigenvalue weighted by Gasteiger charge is -2.32. The molecule has 1 saturated heterocycles. The van der Waals surface area contributed by atoms with Crippen LogP contribution in [-0.2, 0) is 0 Å². The number of halogens is 2. The Hall–Kier alpha value is -1.05. The van der Waals surface area contributed by atoms with E-state index in [1.807, 2.05) is 0 Å². The van der Waals surface area contributed by atoms with Crippen LogP contribution < -0.4 is 16.6 Å². The molecule has 0 aromatic carbocycles.